The highest BCUT2D eigenvalue weighted by Gasteiger charge is 2.14. The summed E-state index contributed by atoms with van der Waals surface area (Å²) in [4.78, 5) is 16.4. The zero-order chi connectivity index (χ0) is 21.3. The van der Waals surface area contributed by atoms with Gasteiger partial charge < -0.3 is 14.9 Å². The van der Waals surface area contributed by atoms with Gasteiger partial charge in [0.25, 0.3) is 5.56 Å². The number of rotatable bonds is 6. The van der Waals surface area contributed by atoms with Crippen LogP contribution in [0.3, 0.4) is 0 Å². The van der Waals surface area contributed by atoms with Crippen molar-refractivity contribution in [3.63, 3.8) is 0 Å². The highest BCUT2D eigenvalue weighted by molar-refractivity contribution is 6.31. The molecule has 0 aliphatic carbocycles. The molecule has 1 unspecified atom stereocenters. The summed E-state index contributed by atoms with van der Waals surface area (Å²) in [5, 5.41) is 5.17. The fourth-order valence-corrected chi connectivity index (χ4v) is 4.05. The summed E-state index contributed by atoms with van der Waals surface area (Å²) in [5.74, 6) is 0.855. The second kappa shape index (κ2) is 8.41. The Bertz CT molecular complexity index is 1240. The van der Waals surface area contributed by atoms with E-state index >= 15 is 0 Å². The molecule has 2 aromatic heterocycles. The van der Waals surface area contributed by atoms with Crippen LogP contribution in [0.25, 0.3) is 10.9 Å². The number of aryl methyl sites for hydroxylation is 2. The summed E-state index contributed by atoms with van der Waals surface area (Å²) in [7, 11) is 0. The molecule has 0 saturated carbocycles. The first kappa shape index (κ1) is 20.3. The molecule has 4 aromatic rings. The Morgan fingerprint density at radius 3 is 2.53 bits per heavy atom. The second-order valence-electron chi connectivity index (χ2n) is 7.82. The quantitative estimate of drug-likeness (QED) is 0.390. The van der Waals surface area contributed by atoms with Crippen LogP contribution in [-0.4, -0.2) is 9.55 Å². The zero-order valence-corrected chi connectivity index (χ0v) is 18.3. The fraction of sp³-hybridized carbons (Fsp3) is 0.240. The standard InChI is InChI=1S/C25H26ClN3O/c1-4-22(18-11-9-16(2)10-12-18)27-23-13-20-17(3)14-29(25(30)24(20)28-23)15-19-7-5-6-8-21(19)26/h5-14,22,27-28H,4,15H2,1-3H3. The maximum atomic E-state index is 13.1. The third kappa shape index (κ3) is 4.01. The molecule has 154 valence electrons. The molecule has 0 aliphatic rings. The minimum atomic E-state index is -0.0491. The highest BCUT2D eigenvalue weighted by Crippen LogP contribution is 2.26. The van der Waals surface area contributed by atoms with Gasteiger partial charge in [-0.2, -0.15) is 0 Å². The van der Waals surface area contributed by atoms with E-state index in [4.69, 9.17) is 11.6 Å². The molecule has 0 spiro atoms. The first-order chi connectivity index (χ1) is 14.5. The van der Waals surface area contributed by atoms with E-state index in [1.54, 1.807) is 4.57 Å². The predicted octanol–water partition coefficient (Wildman–Crippen LogP) is 6.21. The van der Waals surface area contributed by atoms with Crippen LogP contribution in [0.1, 0.15) is 41.6 Å². The first-order valence-electron chi connectivity index (χ1n) is 10.3. The van der Waals surface area contributed by atoms with Crippen LogP contribution in [-0.2, 0) is 6.54 Å². The number of halogens is 1. The SMILES string of the molecule is CCC(Nc1cc2c(C)cn(Cc3ccccc3Cl)c(=O)c2[nH]1)c1ccc(C)cc1. The van der Waals surface area contributed by atoms with Crippen molar-refractivity contribution in [2.75, 3.05) is 5.32 Å². The smallest absolute Gasteiger partial charge is 0.275 e. The molecule has 0 aliphatic heterocycles. The Balaban J connectivity index is 1.67. The molecule has 4 rings (SSSR count). The van der Waals surface area contributed by atoms with Gasteiger partial charge in [-0.25, -0.2) is 0 Å². The number of nitrogens with zero attached hydrogens (tertiary/aromatic N) is 1. The lowest BCUT2D eigenvalue weighted by atomic mass is 10.0. The van der Waals surface area contributed by atoms with Crippen LogP contribution in [0.5, 0.6) is 0 Å². The lowest BCUT2D eigenvalue weighted by Gasteiger charge is -2.17. The molecular formula is C25H26ClN3O. The Labute approximate surface area is 181 Å². The van der Waals surface area contributed by atoms with Crippen LogP contribution >= 0.6 is 11.6 Å². The highest BCUT2D eigenvalue weighted by atomic mass is 35.5. The predicted molar refractivity (Wildman–Crippen MR) is 126 cm³/mol. The van der Waals surface area contributed by atoms with Gasteiger partial charge >= 0.3 is 0 Å². The summed E-state index contributed by atoms with van der Waals surface area (Å²) >= 11 is 6.30. The summed E-state index contributed by atoms with van der Waals surface area (Å²) in [6.07, 6.45) is 2.84. The number of anilines is 1. The molecule has 4 nitrogen and oxygen atoms in total. The molecular weight excluding hydrogens is 394 g/mol. The number of aromatic nitrogens is 2. The minimum Gasteiger partial charge on any atom is -0.365 e. The lowest BCUT2D eigenvalue weighted by Crippen LogP contribution is -2.21. The number of benzene rings is 2. The molecule has 0 fully saturated rings. The normalized spacial score (nSPS) is 12.3. The second-order valence-corrected chi connectivity index (χ2v) is 8.23. The fourth-order valence-electron chi connectivity index (χ4n) is 3.85. The van der Waals surface area contributed by atoms with Gasteiger partial charge in [-0.3, -0.25) is 4.79 Å². The van der Waals surface area contributed by atoms with Crippen LogP contribution in [0.2, 0.25) is 5.02 Å². The molecule has 30 heavy (non-hydrogen) atoms. The number of aromatic amines is 1. The van der Waals surface area contributed by atoms with Gasteiger partial charge in [-0.1, -0.05) is 66.6 Å². The number of H-pyrrole nitrogens is 1. The molecule has 0 bridgehead atoms. The molecule has 2 aromatic carbocycles. The number of fused-ring (bicyclic) bond motifs is 1. The molecule has 0 saturated heterocycles. The first-order valence-corrected chi connectivity index (χ1v) is 10.6. The largest absolute Gasteiger partial charge is 0.365 e. The van der Waals surface area contributed by atoms with Crippen molar-refractivity contribution >= 4 is 28.3 Å². The Morgan fingerprint density at radius 2 is 1.83 bits per heavy atom. The van der Waals surface area contributed by atoms with Crippen LogP contribution < -0.4 is 10.9 Å². The molecule has 2 N–H and O–H groups in total. The van der Waals surface area contributed by atoms with E-state index in [2.05, 4.69) is 48.4 Å². The molecule has 1 atom stereocenters. The van der Waals surface area contributed by atoms with E-state index in [9.17, 15) is 4.79 Å². The minimum absolute atomic E-state index is 0.0491. The monoisotopic (exact) mass is 419 g/mol. The van der Waals surface area contributed by atoms with Crippen molar-refractivity contribution in [2.24, 2.45) is 0 Å². The van der Waals surface area contributed by atoms with Crippen LogP contribution in [0.4, 0.5) is 5.82 Å². The maximum Gasteiger partial charge on any atom is 0.275 e. The van der Waals surface area contributed by atoms with E-state index in [0.29, 0.717) is 17.1 Å². The van der Waals surface area contributed by atoms with Crippen LogP contribution in [0, 0.1) is 13.8 Å². The van der Waals surface area contributed by atoms with Gasteiger partial charge in [-0.05, 0) is 49.1 Å². The van der Waals surface area contributed by atoms with E-state index in [1.807, 2.05) is 43.5 Å². The number of nitrogens with one attached hydrogen (secondary N) is 2. The number of hydrogen-bond donors (Lipinski definition) is 2. The summed E-state index contributed by atoms with van der Waals surface area (Å²) < 4.78 is 1.72. The van der Waals surface area contributed by atoms with Crippen molar-refractivity contribution in [1.29, 1.82) is 0 Å². The van der Waals surface area contributed by atoms with Gasteiger partial charge in [0.1, 0.15) is 11.3 Å². The van der Waals surface area contributed by atoms with E-state index < -0.39 is 0 Å². The topological polar surface area (TPSA) is 49.8 Å². The van der Waals surface area contributed by atoms with Crippen molar-refractivity contribution < 1.29 is 0 Å². The third-order valence-corrected chi connectivity index (χ3v) is 5.95. The van der Waals surface area contributed by atoms with Gasteiger partial charge in [0.15, 0.2) is 0 Å². The average molecular weight is 420 g/mol. The van der Waals surface area contributed by atoms with Crippen molar-refractivity contribution in [3.05, 3.63) is 98.4 Å². The Kier molecular flexibility index (Phi) is 5.69. The number of hydrogen-bond acceptors (Lipinski definition) is 2. The van der Waals surface area contributed by atoms with E-state index in [1.165, 1.54) is 11.1 Å². The van der Waals surface area contributed by atoms with Gasteiger partial charge in [0.05, 0.1) is 12.6 Å². The van der Waals surface area contributed by atoms with E-state index in [0.717, 1.165) is 28.8 Å². The summed E-state index contributed by atoms with van der Waals surface area (Å²) in [6.45, 7) is 6.71. The Hall–Kier alpha value is -2.98. The van der Waals surface area contributed by atoms with Crippen molar-refractivity contribution in [2.45, 2.75) is 39.8 Å². The summed E-state index contributed by atoms with van der Waals surface area (Å²) in [5.41, 5.74) is 5.01. The molecule has 0 radical (unpaired) electrons. The van der Waals surface area contributed by atoms with Gasteiger partial charge in [0.2, 0.25) is 0 Å². The van der Waals surface area contributed by atoms with Crippen molar-refractivity contribution in [1.82, 2.24) is 9.55 Å². The van der Waals surface area contributed by atoms with Gasteiger partial charge in [0, 0.05) is 16.6 Å². The third-order valence-electron chi connectivity index (χ3n) is 5.58. The van der Waals surface area contributed by atoms with Gasteiger partial charge in [-0.15, -0.1) is 0 Å². The molecule has 5 heteroatoms. The zero-order valence-electron chi connectivity index (χ0n) is 17.5. The van der Waals surface area contributed by atoms with E-state index in [-0.39, 0.29) is 11.6 Å². The summed E-state index contributed by atoms with van der Waals surface area (Å²) in [6, 6.07) is 18.4. The Morgan fingerprint density at radius 1 is 1.10 bits per heavy atom. The molecule has 0 amide bonds. The average Bonchev–Trinajstić information content (AvgIpc) is 3.17. The van der Waals surface area contributed by atoms with Crippen LogP contribution in [0.15, 0.2) is 65.6 Å². The lowest BCUT2D eigenvalue weighted by molar-refractivity contribution is 0.745. The van der Waals surface area contributed by atoms with Crippen molar-refractivity contribution in [3.8, 4) is 0 Å². The number of pyridine rings is 1. The maximum absolute atomic E-state index is 13.1. The molecule has 2 heterocycles.